The van der Waals surface area contributed by atoms with Crippen molar-refractivity contribution in [2.24, 2.45) is 0 Å². The average molecular weight is 500 g/mol. The first kappa shape index (κ1) is 23.3. The van der Waals surface area contributed by atoms with Crippen LogP contribution in [0.1, 0.15) is 25.7 Å². The summed E-state index contributed by atoms with van der Waals surface area (Å²) in [4.78, 5) is 12.8. The number of nitro benzene ring substituents is 1. The Hall–Kier alpha value is -1.91. The van der Waals surface area contributed by atoms with Gasteiger partial charge in [0.05, 0.1) is 4.92 Å². The minimum atomic E-state index is -4.05. The molecule has 0 aliphatic carbocycles. The highest BCUT2D eigenvalue weighted by atomic mass is 35.5. The first-order valence-corrected chi connectivity index (χ1v) is 12.6. The van der Waals surface area contributed by atoms with Gasteiger partial charge in [-0.15, -0.1) is 0 Å². The number of halogens is 2. The van der Waals surface area contributed by atoms with Gasteiger partial charge in [0.15, 0.2) is 0 Å². The van der Waals surface area contributed by atoms with Gasteiger partial charge in [-0.3, -0.25) is 10.1 Å². The monoisotopic (exact) mass is 499 g/mol. The minimum Gasteiger partial charge on any atom is -0.456 e. The molecule has 0 aromatic heterocycles. The van der Waals surface area contributed by atoms with Crippen LogP contribution < -0.4 is 4.74 Å². The summed E-state index contributed by atoms with van der Waals surface area (Å²) in [5.41, 5.74) is -0.324. The second-order valence-corrected chi connectivity index (χ2v) is 10.7. The molecule has 0 spiro atoms. The smallest absolute Gasteiger partial charge is 0.271 e. The SMILES string of the molecule is O=[N+]([O-])c1ccc(Oc2cc(Cl)cc(Cl)c2)c(S(=O)(=O)N2CCCC2CN2CCCC2)c1. The quantitative estimate of drug-likeness (QED) is 0.395. The molecule has 8 nitrogen and oxygen atoms in total. The molecule has 1 unspecified atom stereocenters. The molecule has 2 heterocycles. The van der Waals surface area contributed by atoms with Gasteiger partial charge >= 0.3 is 0 Å². The highest BCUT2D eigenvalue weighted by molar-refractivity contribution is 7.89. The summed E-state index contributed by atoms with van der Waals surface area (Å²) in [5.74, 6) is 0.226. The van der Waals surface area contributed by atoms with Gasteiger partial charge in [-0.05, 0) is 63.0 Å². The Labute approximate surface area is 196 Å². The Morgan fingerprint density at radius 3 is 2.38 bits per heavy atom. The third-order valence-electron chi connectivity index (χ3n) is 5.78. The fraction of sp³-hybridized carbons (Fsp3) is 0.429. The van der Waals surface area contributed by atoms with Gasteiger partial charge in [0.25, 0.3) is 5.69 Å². The lowest BCUT2D eigenvalue weighted by atomic mass is 10.2. The number of nitro groups is 1. The molecule has 11 heteroatoms. The normalized spacial score (nSPS) is 20.0. The highest BCUT2D eigenvalue weighted by Crippen LogP contribution is 2.37. The van der Waals surface area contributed by atoms with Crippen molar-refractivity contribution in [2.75, 3.05) is 26.2 Å². The van der Waals surface area contributed by atoms with E-state index in [1.165, 1.54) is 34.6 Å². The summed E-state index contributed by atoms with van der Waals surface area (Å²) in [6.07, 6.45) is 3.73. The van der Waals surface area contributed by atoms with Crippen LogP contribution in [-0.2, 0) is 10.0 Å². The molecule has 0 N–H and O–H groups in total. The van der Waals surface area contributed by atoms with E-state index in [0.29, 0.717) is 23.1 Å². The standard InChI is InChI=1S/C21H23Cl2N3O5S/c22-15-10-16(23)12-19(11-15)31-20-6-5-17(26(27)28)13-21(20)32(29,30)25-9-3-4-18(25)14-24-7-1-2-8-24/h5-6,10-13,18H,1-4,7-9,14H2. The Balaban J connectivity index is 1.70. The van der Waals surface area contributed by atoms with E-state index in [1.807, 2.05) is 0 Å². The van der Waals surface area contributed by atoms with Gasteiger partial charge < -0.3 is 9.64 Å². The Morgan fingerprint density at radius 2 is 1.72 bits per heavy atom. The molecule has 2 saturated heterocycles. The summed E-state index contributed by atoms with van der Waals surface area (Å²) in [6.45, 7) is 2.95. The molecule has 0 amide bonds. The van der Waals surface area contributed by atoms with Crippen molar-refractivity contribution in [3.63, 3.8) is 0 Å². The molecule has 1 atom stereocenters. The van der Waals surface area contributed by atoms with Crippen LogP contribution in [-0.4, -0.2) is 54.8 Å². The molecule has 2 aromatic rings. The van der Waals surface area contributed by atoms with E-state index in [1.54, 1.807) is 0 Å². The van der Waals surface area contributed by atoms with E-state index in [-0.39, 0.29) is 28.1 Å². The van der Waals surface area contributed by atoms with Crippen LogP contribution in [0.25, 0.3) is 0 Å². The van der Waals surface area contributed by atoms with Gasteiger partial charge in [-0.25, -0.2) is 8.42 Å². The van der Waals surface area contributed by atoms with E-state index >= 15 is 0 Å². The number of non-ortho nitro benzene ring substituents is 1. The molecule has 172 valence electrons. The van der Waals surface area contributed by atoms with E-state index < -0.39 is 14.9 Å². The molecule has 32 heavy (non-hydrogen) atoms. The number of likely N-dealkylation sites (tertiary alicyclic amines) is 1. The molecule has 2 aromatic carbocycles. The topological polar surface area (TPSA) is 93.0 Å². The van der Waals surface area contributed by atoms with E-state index in [4.69, 9.17) is 27.9 Å². The molecule has 2 aliphatic heterocycles. The van der Waals surface area contributed by atoms with Gasteiger partial charge in [-0.1, -0.05) is 23.2 Å². The first-order valence-electron chi connectivity index (χ1n) is 10.4. The molecular formula is C21H23Cl2N3O5S. The van der Waals surface area contributed by atoms with Gasteiger partial charge in [0.1, 0.15) is 16.4 Å². The molecular weight excluding hydrogens is 477 g/mol. The van der Waals surface area contributed by atoms with Crippen molar-refractivity contribution in [3.8, 4) is 11.5 Å². The number of benzene rings is 2. The number of hydrogen-bond acceptors (Lipinski definition) is 6. The van der Waals surface area contributed by atoms with E-state index in [9.17, 15) is 18.5 Å². The molecule has 0 saturated carbocycles. The summed E-state index contributed by atoms with van der Waals surface area (Å²) >= 11 is 12.1. The average Bonchev–Trinajstić information content (AvgIpc) is 3.40. The zero-order valence-corrected chi connectivity index (χ0v) is 19.6. The number of sulfonamides is 1. The fourth-order valence-corrected chi connectivity index (χ4v) is 6.63. The van der Waals surface area contributed by atoms with Gasteiger partial charge in [0, 0.05) is 41.3 Å². The van der Waals surface area contributed by atoms with Crippen LogP contribution in [0.5, 0.6) is 11.5 Å². The van der Waals surface area contributed by atoms with Gasteiger partial charge in [0.2, 0.25) is 10.0 Å². The first-order chi connectivity index (χ1) is 15.2. The van der Waals surface area contributed by atoms with Crippen molar-refractivity contribution >= 4 is 38.9 Å². The van der Waals surface area contributed by atoms with Crippen LogP contribution in [0, 0.1) is 10.1 Å². The highest BCUT2D eigenvalue weighted by Gasteiger charge is 2.38. The summed E-state index contributed by atoms with van der Waals surface area (Å²) in [6, 6.07) is 7.91. The number of rotatable bonds is 7. The lowest BCUT2D eigenvalue weighted by Gasteiger charge is -2.28. The second-order valence-electron chi connectivity index (χ2n) is 8.01. The maximum atomic E-state index is 13.7. The van der Waals surface area contributed by atoms with Crippen molar-refractivity contribution in [2.45, 2.75) is 36.6 Å². The third-order valence-corrected chi connectivity index (χ3v) is 8.19. The lowest BCUT2D eigenvalue weighted by Crippen LogP contribution is -2.42. The zero-order chi connectivity index (χ0) is 22.9. The van der Waals surface area contributed by atoms with E-state index in [0.717, 1.165) is 44.8 Å². The molecule has 4 rings (SSSR count). The summed E-state index contributed by atoms with van der Waals surface area (Å²) < 4.78 is 34.7. The van der Waals surface area contributed by atoms with Crippen LogP contribution >= 0.6 is 23.2 Å². The maximum absolute atomic E-state index is 13.7. The van der Waals surface area contributed by atoms with Crippen molar-refractivity contribution < 1.29 is 18.1 Å². The Kier molecular flexibility index (Phi) is 6.92. The largest absolute Gasteiger partial charge is 0.456 e. The molecule has 0 bridgehead atoms. The maximum Gasteiger partial charge on any atom is 0.271 e. The third kappa shape index (κ3) is 5.02. The minimum absolute atomic E-state index is 0.0132. The van der Waals surface area contributed by atoms with Crippen molar-refractivity contribution in [1.82, 2.24) is 9.21 Å². The van der Waals surface area contributed by atoms with Gasteiger partial charge in [-0.2, -0.15) is 4.31 Å². The van der Waals surface area contributed by atoms with Crippen LogP contribution in [0.4, 0.5) is 5.69 Å². The lowest BCUT2D eigenvalue weighted by molar-refractivity contribution is -0.385. The predicted octanol–water partition coefficient (Wildman–Crippen LogP) is 4.94. The van der Waals surface area contributed by atoms with Crippen LogP contribution in [0.3, 0.4) is 0 Å². The molecule has 0 radical (unpaired) electrons. The Bertz CT molecular complexity index is 1100. The zero-order valence-electron chi connectivity index (χ0n) is 17.2. The molecule has 2 aliphatic rings. The second kappa shape index (κ2) is 9.52. The number of ether oxygens (including phenoxy) is 1. The van der Waals surface area contributed by atoms with Crippen molar-refractivity contribution in [1.29, 1.82) is 0 Å². The molecule has 2 fully saturated rings. The fourth-order valence-electron chi connectivity index (χ4n) is 4.31. The van der Waals surface area contributed by atoms with E-state index in [2.05, 4.69) is 4.90 Å². The Morgan fingerprint density at radius 1 is 1.03 bits per heavy atom. The predicted molar refractivity (Wildman–Crippen MR) is 122 cm³/mol. The van der Waals surface area contributed by atoms with Crippen molar-refractivity contribution in [3.05, 3.63) is 56.6 Å². The van der Waals surface area contributed by atoms with Crippen LogP contribution in [0.15, 0.2) is 41.3 Å². The summed E-state index contributed by atoms with van der Waals surface area (Å²) in [7, 11) is -4.05. The van der Waals surface area contributed by atoms with Crippen LogP contribution in [0.2, 0.25) is 10.0 Å². The number of nitrogens with zero attached hydrogens (tertiary/aromatic N) is 3. The number of hydrogen-bond donors (Lipinski definition) is 0. The summed E-state index contributed by atoms with van der Waals surface area (Å²) in [5, 5.41) is 12.0.